The third kappa shape index (κ3) is 3.54. The zero-order chi connectivity index (χ0) is 12.0. The summed E-state index contributed by atoms with van der Waals surface area (Å²) in [6.07, 6.45) is 3.88. The van der Waals surface area contributed by atoms with E-state index in [0.29, 0.717) is 0 Å². The van der Waals surface area contributed by atoms with Crippen LogP contribution in [0.4, 0.5) is 4.39 Å². The van der Waals surface area contributed by atoms with Crippen molar-refractivity contribution in [2.45, 2.75) is 32.4 Å². The average Bonchev–Trinajstić information content (AvgIpc) is 2.29. The summed E-state index contributed by atoms with van der Waals surface area (Å²) in [5, 5.41) is 3.33. The van der Waals surface area contributed by atoms with Crippen molar-refractivity contribution in [3.8, 4) is 0 Å². The molecule has 1 aromatic rings. The average molecular weight is 226 g/mol. The molecule has 0 aromatic carbocycles. The zero-order valence-electron chi connectivity index (χ0n) is 10.0. The van der Waals surface area contributed by atoms with Gasteiger partial charge in [-0.2, -0.15) is 0 Å². The summed E-state index contributed by atoms with van der Waals surface area (Å²) < 4.78 is 18.4. The van der Waals surface area contributed by atoms with E-state index in [-0.39, 0.29) is 18.0 Å². The predicted molar refractivity (Wildman–Crippen MR) is 61.7 cm³/mol. The van der Waals surface area contributed by atoms with Gasteiger partial charge < -0.3 is 10.1 Å². The summed E-state index contributed by atoms with van der Waals surface area (Å²) in [6, 6.07) is 1.48. The predicted octanol–water partition coefficient (Wildman–Crippen LogP) is 2.30. The van der Waals surface area contributed by atoms with Crippen molar-refractivity contribution in [3.05, 3.63) is 29.8 Å². The number of aromatic nitrogens is 1. The topological polar surface area (TPSA) is 34.2 Å². The van der Waals surface area contributed by atoms with Gasteiger partial charge in [-0.3, -0.25) is 4.98 Å². The number of hydrogen-bond donors (Lipinski definition) is 1. The first-order chi connectivity index (χ1) is 7.69. The maximum Gasteiger partial charge on any atom is 0.141 e. The van der Waals surface area contributed by atoms with Gasteiger partial charge in [-0.15, -0.1) is 0 Å². The second kappa shape index (κ2) is 6.55. The van der Waals surface area contributed by atoms with E-state index in [1.165, 1.54) is 12.3 Å². The lowest BCUT2D eigenvalue weighted by Crippen LogP contribution is -2.32. The van der Waals surface area contributed by atoms with E-state index < -0.39 is 0 Å². The lowest BCUT2D eigenvalue weighted by molar-refractivity contribution is 0.0828. The van der Waals surface area contributed by atoms with E-state index in [1.54, 1.807) is 13.3 Å². The van der Waals surface area contributed by atoms with Gasteiger partial charge in [-0.1, -0.05) is 6.92 Å². The van der Waals surface area contributed by atoms with Crippen LogP contribution in [0.5, 0.6) is 0 Å². The highest BCUT2D eigenvalue weighted by Crippen LogP contribution is 2.18. The summed E-state index contributed by atoms with van der Waals surface area (Å²) in [4.78, 5) is 3.86. The molecule has 1 N–H and O–H groups in total. The Kier molecular flexibility index (Phi) is 5.35. The zero-order valence-corrected chi connectivity index (χ0v) is 10.0. The van der Waals surface area contributed by atoms with Gasteiger partial charge in [0.15, 0.2) is 0 Å². The fraction of sp³-hybridized carbons (Fsp3) is 0.583. The highest BCUT2D eigenvalue weighted by Gasteiger charge is 2.18. The van der Waals surface area contributed by atoms with Gasteiger partial charge >= 0.3 is 0 Å². The van der Waals surface area contributed by atoms with E-state index >= 15 is 0 Å². The molecule has 4 heteroatoms. The largest absolute Gasteiger partial charge is 0.380 e. The normalized spacial score (nSPS) is 14.8. The van der Waals surface area contributed by atoms with Crippen molar-refractivity contribution >= 4 is 0 Å². The second-order valence-corrected chi connectivity index (χ2v) is 3.81. The van der Waals surface area contributed by atoms with Crippen LogP contribution in [0.1, 0.15) is 31.9 Å². The number of nitrogens with zero attached hydrogens (tertiary/aromatic N) is 1. The first-order valence-electron chi connectivity index (χ1n) is 5.55. The minimum absolute atomic E-state index is 0.0184. The van der Waals surface area contributed by atoms with Crippen LogP contribution in [0.25, 0.3) is 0 Å². The minimum Gasteiger partial charge on any atom is -0.380 e. The van der Waals surface area contributed by atoms with Crippen molar-refractivity contribution in [1.29, 1.82) is 0 Å². The van der Waals surface area contributed by atoms with Gasteiger partial charge in [-0.25, -0.2) is 4.39 Å². The highest BCUT2D eigenvalue weighted by molar-refractivity contribution is 5.16. The third-order valence-electron chi connectivity index (χ3n) is 2.54. The van der Waals surface area contributed by atoms with Crippen LogP contribution >= 0.6 is 0 Å². The minimum atomic E-state index is -0.316. The molecule has 1 heterocycles. The molecular formula is C12H19FN2O. The van der Waals surface area contributed by atoms with Crippen LogP contribution in [0.15, 0.2) is 18.5 Å². The van der Waals surface area contributed by atoms with Crippen LogP contribution in [0.2, 0.25) is 0 Å². The van der Waals surface area contributed by atoms with Crippen LogP contribution in [0.3, 0.4) is 0 Å². The lowest BCUT2D eigenvalue weighted by atomic mass is 10.0. The van der Waals surface area contributed by atoms with E-state index in [0.717, 1.165) is 18.5 Å². The molecule has 0 amide bonds. The van der Waals surface area contributed by atoms with Crippen molar-refractivity contribution in [2.75, 3.05) is 13.7 Å². The number of rotatable bonds is 6. The second-order valence-electron chi connectivity index (χ2n) is 3.81. The van der Waals surface area contributed by atoms with Crippen LogP contribution in [-0.2, 0) is 4.74 Å². The molecule has 0 saturated carbocycles. The molecule has 2 unspecified atom stereocenters. The van der Waals surface area contributed by atoms with Crippen molar-refractivity contribution in [2.24, 2.45) is 0 Å². The molecule has 16 heavy (non-hydrogen) atoms. The summed E-state index contributed by atoms with van der Waals surface area (Å²) in [5.74, 6) is -0.316. The van der Waals surface area contributed by atoms with Gasteiger partial charge in [0.25, 0.3) is 0 Å². The standard InChI is InChI=1S/C12H19FN2O/c1-4-5-15-12(9(2)16-3)10-6-11(13)8-14-7-10/h6-9,12,15H,4-5H2,1-3H3. The SMILES string of the molecule is CCCNC(c1cncc(F)c1)C(C)OC. The first-order valence-corrected chi connectivity index (χ1v) is 5.55. The highest BCUT2D eigenvalue weighted by atomic mass is 19.1. The summed E-state index contributed by atoms with van der Waals surface area (Å²) in [5.41, 5.74) is 0.822. The van der Waals surface area contributed by atoms with E-state index in [4.69, 9.17) is 4.74 Å². The van der Waals surface area contributed by atoms with Crippen molar-refractivity contribution in [1.82, 2.24) is 10.3 Å². The van der Waals surface area contributed by atoms with Crippen LogP contribution in [0, 0.1) is 5.82 Å². The fourth-order valence-electron chi connectivity index (χ4n) is 1.59. The Morgan fingerprint density at radius 3 is 2.81 bits per heavy atom. The Bertz CT molecular complexity index is 320. The molecule has 0 spiro atoms. The van der Waals surface area contributed by atoms with Crippen LogP contribution in [-0.4, -0.2) is 24.7 Å². The van der Waals surface area contributed by atoms with E-state index in [1.807, 2.05) is 6.92 Å². The third-order valence-corrected chi connectivity index (χ3v) is 2.54. The first kappa shape index (κ1) is 13.1. The smallest absolute Gasteiger partial charge is 0.141 e. The number of nitrogens with one attached hydrogen (secondary N) is 1. The van der Waals surface area contributed by atoms with E-state index in [2.05, 4.69) is 17.2 Å². The number of halogens is 1. The molecule has 90 valence electrons. The summed E-state index contributed by atoms with van der Waals surface area (Å²) in [7, 11) is 1.65. The van der Waals surface area contributed by atoms with Crippen LogP contribution < -0.4 is 5.32 Å². The summed E-state index contributed by atoms with van der Waals surface area (Å²) in [6.45, 7) is 4.92. The van der Waals surface area contributed by atoms with Crippen molar-refractivity contribution < 1.29 is 9.13 Å². The maximum atomic E-state index is 13.1. The molecule has 2 atom stereocenters. The molecule has 1 rings (SSSR count). The molecule has 0 aliphatic carbocycles. The Labute approximate surface area is 96.0 Å². The number of hydrogen-bond acceptors (Lipinski definition) is 3. The van der Waals surface area contributed by atoms with Crippen molar-refractivity contribution in [3.63, 3.8) is 0 Å². The molecule has 0 bridgehead atoms. The van der Waals surface area contributed by atoms with Gasteiger partial charge in [-0.05, 0) is 31.5 Å². The molecule has 0 radical (unpaired) electrons. The van der Waals surface area contributed by atoms with Gasteiger partial charge in [0.2, 0.25) is 0 Å². The molecule has 0 aliphatic rings. The molecular weight excluding hydrogens is 207 g/mol. The van der Waals surface area contributed by atoms with Gasteiger partial charge in [0.1, 0.15) is 5.82 Å². The Morgan fingerprint density at radius 2 is 2.25 bits per heavy atom. The molecule has 3 nitrogen and oxygen atoms in total. The molecule has 0 aliphatic heterocycles. The quantitative estimate of drug-likeness (QED) is 0.808. The maximum absolute atomic E-state index is 13.1. The molecule has 0 saturated heterocycles. The number of ether oxygens (including phenoxy) is 1. The molecule has 0 fully saturated rings. The summed E-state index contributed by atoms with van der Waals surface area (Å²) >= 11 is 0. The van der Waals surface area contributed by atoms with Gasteiger partial charge in [0.05, 0.1) is 18.3 Å². The lowest BCUT2D eigenvalue weighted by Gasteiger charge is -2.24. The van der Waals surface area contributed by atoms with E-state index in [9.17, 15) is 4.39 Å². The number of methoxy groups -OCH3 is 1. The molecule has 1 aromatic heterocycles. The number of pyridine rings is 1. The Hall–Kier alpha value is -1.00. The Balaban J connectivity index is 2.82. The monoisotopic (exact) mass is 226 g/mol. The Morgan fingerprint density at radius 1 is 1.50 bits per heavy atom. The van der Waals surface area contributed by atoms with Gasteiger partial charge in [0, 0.05) is 13.3 Å². The fourth-order valence-corrected chi connectivity index (χ4v) is 1.59.